The molecule has 0 aromatic carbocycles. The zero-order valence-corrected chi connectivity index (χ0v) is 11.8. The van der Waals surface area contributed by atoms with E-state index in [-0.39, 0.29) is 18.0 Å². The summed E-state index contributed by atoms with van der Waals surface area (Å²) >= 11 is 0. The number of rotatable bonds is 2. The average Bonchev–Trinajstić information content (AvgIpc) is 2.67. The summed E-state index contributed by atoms with van der Waals surface area (Å²) in [5.41, 5.74) is -0.412. The van der Waals surface area contributed by atoms with Gasteiger partial charge < -0.3 is 9.64 Å². The van der Waals surface area contributed by atoms with Crippen molar-refractivity contribution in [2.24, 2.45) is 0 Å². The summed E-state index contributed by atoms with van der Waals surface area (Å²) < 4.78 is 4.98. The predicted molar refractivity (Wildman–Crippen MR) is 68.2 cm³/mol. The first-order chi connectivity index (χ1) is 8.97. The Labute approximate surface area is 113 Å². The highest BCUT2D eigenvalue weighted by Crippen LogP contribution is 2.37. The maximum Gasteiger partial charge on any atom is 0.409 e. The van der Waals surface area contributed by atoms with E-state index in [1.165, 1.54) is 5.06 Å². The molecule has 2 amide bonds. The first-order valence-corrected chi connectivity index (χ1v) is 6.90. The molecule has 19 heavy (non-hydrogen) atoms. The number of likely N-dealkylation sites (tertiary alicyclic amines) is 1. The normalized spacial score (nSPS) is 22.4. The van der Waals surface area contributed by atoms with Crippen LogP contribution >= 0.6 is 0 Å². The lowest BCUT2D eigenvalue weighted by molar-refractivity contribution is -0.220. The minimum Gasteiger partial charge on any atom is -0.450 e. The van der Waals surface area contributed by atoms with Crippen LogP contribution in [0.3, 0.4) is 0 Å². The second-order valence-corrected chi connectivity index (χ2v) is 5.45. The molecule has 0 atom stereocenters. The standard InChI is InChI=1S/C13H22N2O4/c1-4-18-12(17)14-7-5-13(6-8-14)9-11(16)15(19-13)10(2)3/h10H,4-9H2,1-3H3. The van der Waals surface area contributed by atoms with E-state index < -0.39 is 5.60 Å². The monoisotopic (exact) mass is 270 g/mol. The molecule has 1 spiro atoms. The molecule has 2 rings (SSSR count). The molecule has 0 saturated carbocycles. The summed E-state index contributed by atoms with van der Waals surface area (Å²) in [6.07, 6.45) is 1.51. The number of hydroxylamine groups is 2. The Bertz CT molecular complexity index is 362. The van der Waals surface area contributed by atoms with Crippen molar-refractivity contribution < 1.29 is 19.2 Å². The van der Waals surface area contributed by atoms with Gasteiger partial charge in [-0.25, -0.2) is 9.86 Å². The highest BCUT2D eigenvalue weighted by Gasteiger charge is 2.48. The van der Waals surface area contributed by atoms with Crippen molar-refractivity contribution in [3.8, 4) is 0 Å². The predicted octanol–water partition coefficient (Wildman–Crippen LogP) is 1.55. The number of ether oxygens (including phenoxy) is 1. The molecule has 0 radical (unpaired) electrons. The van der Waals surface area contributed by atoms with E-state index >= 15 is 0 Å². The lowest BCUT2D eigenvalue weighted by atomic mass is 9.89. The molecule has 6 heteroatoms. The zero-order valence-electron chi connectivity index (χ0n) is 11.8. The van der Waals surface area contributed by atoms with Crippen molar-refractivity contribution in [3.05, 3.63) is 0 Å². The summed E-state index contributed by atoms with van der Waals surface area (Å²) in [5.74, 6) is 0.0413. The molecular weight excluding hydrogens is 248 g/mol. The van der Waals surface area contributed by atoms with Crippen LogP contribution in [0.15, 0.2) is 0 Å². The van der Waals surface area contributed by atoms with Gasteiger partial charge in [0.05, 0.1) is 19.1 Å². The van der Waals surface area contributed by atoms with Crippen LogP contribution in [0, 0.1) is 0 Å². The van der Waals surface area contributed by atoms with E-state index in [1.807, 2.05) is 13.8 Å². The summed E-state index contributed by atoms with van der Waals surface area (Å²) in [4.78, 5) is 31.1. The molecule has 2 aliphatic rings. The third-order valence-corrected chi connectivity index (χ3v) is 3.68. The van der Waals surface area contributed by atoms with E-state index in [0.717, 1.165) is 0 Å². The van der Waals surface area contributed by atoms with Gasteiger partial charge in [0.15, 0.2) is 0 Å². The number of hydrogen-bond acceptors (Lipinski definition) is 4. The third-order valence-electron chi connectivity index (χ3n) is 3.68. The summed E-state index contributed by atoms with van der Waals surface area (Å²) in [7, 11) is 0. The summed E-state index contributed by atoms with van der Waals surface area (Å²) in [5, 5.41) is 1.47. The van der Waals surface area contributed by atoms with E-state index in [2.05, 4.69) is 0 Å². The highest BCUT2D eigenvalue weighted by molar-refractivity contribution is 5.78. The van der Waals surface area contributed by atoms with E-state index in [0.29, 0.717) is 39.0 Å². The van der Waals surface area contributed by atoms with Gasteiger partial charge in [0, 0.05) is 13.1 Å². The fraction of sp³-hybridized carbons (Fsp3) is 0.846. The Morgan fingerprint density at radius 3 is 2.53 bits per heavy atom. The van der Waals surface area contributed by atoms with Gasteiger partial charge in [0.1, 0.15) is 5.60 Å². The lowest BCUT2D eigenvalue weighted by Crippen LogP contribution is -2.47. The molecule has 0 N–H and O–H groups in total. The minimum absolute atomic E-state index is 0.0413. The number of amides is 2. The summed E-state index contributed by atoms with van der Waals surface area (Å²) in [6.45, 7) is 7.21. The average molecular weight is 270 g/mol. The van der Waals surface area contributed by atoms with Crippen molar-refractivity contribution in [2.75, 3.05) is 19.7 Å². The molecule has 2 saturated heterocycles. The van der Waals surface area contributed by atoms with Crippen molar-refractivity contribution in [2.45, 2.75) is 51.7 Å². The maximum atomic E-state index is 11.9. The fourth-order valence-corrected chi connectivity index (χ4v) is 2.62. The Morgan fingerprint density at radius 2 is 2.05 bits per heavy atom. The zero-order chi connectivity index (χ0) is 14.0. The van der Waals surface area contributed by atoms with Crippen LogP contribution in [0.2, 0.25) is 0 Å². The number of carbonyl (C=O) groups is 2. The van der Waals surface area contributed by atoms with Crippen LogP contribution in [-0.4, -0.2) is 53.3 Å². The molecule has 108 valence electrons. The molecule has 0 unspecified atom stereocenters. The summed E-state index contributed by atoms with van der Waals surface area (Å²) in [6, 6.07) is 0.0509. The molecule has 2 aliphatic heterocycles. The number of piperidine rings is 1. The van der Waals surface area contributed by atoms with Crippen LogP contribution in [0.5, 0.6) is 0 Å². The lowest BCUT2D eigenvalue weighted by Gasteiger charge is -2.37. The van der Waals surface area contributed by atoms with Crippen molar-refractivity contribution in [1.82, 2.24) is 9.96 Å². The van der Waals surface area contributed by atoms with Gasteiger partial charge in [0.2, 0.25) is 5.91 Å². The number of nitrogens with zero attached hydrogens (tertiary/aromatic N) is 2. The maximum absolute atomic E-state index is 11.9. The molecule has 0 aromatic rings. The molecule has 2 fully saturated rings. The van der Waals surface area contributed by atoms with Crippen LogP contribution in [0.4, 0.5) is 4.79 Å². The van der Waals surface area contributed by atoms with Gasteiger partial charge in [-0.15, -0.1) is 0 Å². The number of hydrogen-bond donors (Lipinski definition) is 0. The molecule has 6 nitrogen and oxygen atoms in total. The van der Waals surface area contributed by atoms with Crippen LogP contribution < -0.4 is 0 Å². The Morgan fingerprint density at radius 1 is 1.42 bits per heavy atom. The van der Waals surface area contributed by atoms with E-state index in [9.17, 15) is 9.59 Å². The van der Waals surface area contributed by atoms with Gasteiger partial charge >= 0.3 is 6.09 Å². The second kappa shape index (κ2) is 5.36. The fourth-order valence-electron chi connectivity index (χ4n) is 2.62. The van der Waals surface area contributed by atoms with Crippen molar-refractivity contribution in [3.63, 3.8) is 0 Å². The largest absolute Gasteiger partial charge is 0.450 e. The van der Waals surface area contributed by atoms with Crippen LogP contribution in [0.25, 0.3) is 0 Å². The third kappa shape index (κ3) is 2.83. The van der Waals surface area contributed by atoms with Gasteiger partial charge in [-0.1, -0.05) is 0 Å². The van der Waals surface area contributed by atoms with Gasteiger partial charge in [-0.05, 0) is 33.6 Å². The molecule has 2 heterocycles. The van der Waals surface area contributed by atoms with E-state index in [4.69, 9.17) is 9.57 Å². The minimum atomic E-state index is -0.412. The molecule has 0 aromatic heterocycles. The Kier molecular flexibility index (Phi) is 3.99. The second-order valence-electron chi connectivity index (χ2n) is 5.45. The quantitative estimate of drug-likeness (QED) is 0.764. The van der Waals surface area contributed by atoms with Crippen LogP contribution in [-0.2, 0) is 14.4 Å². The molecular formula is C13H22N2O4. The van der Waals surface area contributed by atoms with Crippen LogP contribution in [0.1, 0.15) is 40.0 Å². The van der Waals surface area contributed by atoms with E-state index in [1.54, 1.807) is 11.8 Å². The highest BCUT2D eigenvalue weighted by atomic mass is 16.7. The van der Waals surface area contributed by atoms with Gasteiger partial charge in [0.25, 0.3) is 0 Å². The van der Waals surface area contributed by atoms with Gasteiger partial charge in [-0.2, -0.15) is 0 Å². The van der Waals surface area contributed by atoms with Gasteiger partial charge in [-0.3, -0.25) is 9.63 Å². The Hall–Kier alpha value is -1.30. The molecule has 0 bridgehead atoms. The van der Waals surface area contributed by atoms with Crippen molar-refractivity contribution in [1.29, 1.82) is 0 Å². The SMILES string of the molecule is CCOC(=O)N1CCC2(CC1)CC(=O)N(C(C)C)O2. The smallest absolute Gasteiger partial charge is 0.409 e. The first kappa shape index (κ1) is 14.1. The molecule has 0 aliphatic carbocycles. The number of carbonyl (C=O) groups excluding carboxylic acids is 2. The topological polar surface area (TPSA) is 59.1 Å². The first-order valence-electron chi connectivity index (χ1n) is 6.90. The Balaban J connectivity index is 1.93. The van der Waals surface area contributed by atoms with Crippen molar-refractivity contribution >= 4 is 12.0 Å².